The van der Waals surface area contributed by atoms with Gasteiger partial charge in [0.25, 0.3) is 5.91 Å². The molecule has 4 N–H and O–H groups in total. The summed E-state index contributed by atoms with van der Waals surface area (Å²) in [5, 5.41) is 6.17. The zero-order chi connectivity index (χ0) is 24.1. The minimum atomic E-state index is -0.258. The second-order valence-corrected chi connectivity index (χ2v) is 8.57. The SMILES string of the molecule is CCOc1cc(CNc2ccc3[nH]c(=O)[nH]c3c2)c(Br)cc1OCC(=O)Nc1ccc(C)cc1. The maximum absolute atomic E-state index is 12.3. The van der Waals surface area contributed by atoms with Crippen LogP contribution in [0.5, 0.6) is 11.5 Å². The van der Waals surface area contributed by atoms with E-state index in [1.807, 2.05) is 62.4 Å². The number of aromatic amines is 2. The fourth-order valence-electron chi connectivity index (χ4n) is 3.41. The molecule has 0 aliphatic carbocycles. The van der Waals surface area contributed by atoms with Crippen molar-refractivity contribution in [3.05, 3.63) is 80.7 Å². The van der Waals surface area contributed by atoms with Crippen molar-refractivity contribution in [1.82, 2.24) is 9.97 Å². The summed E-state index contributed by atoms with van der Waals surface area (Å²) in [5.41, 5.74) is 4.89. The summed E-state index contributed by atoms with van der Waals surface area (Å²) < 4.78 is 12.3. The van der Waals surface area contributed by atoms with Crippen LogP contribution >= 0.6 is 15.9 Å². The van der Waals surface area contributed by atoms with Gasteiger partial charge in [0.1, 0.15) is 0 Å². The Bertz CT molecular complexity index is 1360. The minimum Gasteiger partial charge on any atom is -0.490 e. The molecule has 0 atom stereocenters. The van der Waals surface area contributed by atoms with E-state index in [0.29, 0.717) is 30.3 Å². The van der Waals surface area contributed by atoms with Crippen LogP contribution in [0.3, 0.4) is 0 Å². The normalized spacial score (nSPS) is 10.8. The third-order valence-corrected chi connectivity index (χ3v) is 5.84. The highest BCUT2D eigenvalue weighted by molar-refractivity contribution is 9.10. The van der Waals surface area contributed by atoms with Gasteiger partial charge in [0, 0.05) is 22.4 Å². The zero-order valence-electron chi connectivity index (χ0n) is 18.8. The van der Waals surface area contributed by atoms with Crippen LogP contribution in [0.4, 0.5) is 11.4 Å². The van der Waals surface area contributed by atoms with Crippen molar-refractivity contribution in [2.24, 2.45) is 0 Å². The maximum Gasteiger partial charge on any atom is 0.323 e. The molecule has 8 nitrogen and oxygen atoms in total. The summed E-state index contributed by atoms with van der Waals surface area (Å²) >= 11 is 3.59. The van der Waals surface area contributed by atoms with Gasteiger partial charge in [-0.15, -0.1) is 0 Å². The highest BCUT2D eigenvalue weighted by atomic mass is 79.9. The number of anilines is 2. The van der Waals surface area contributed by atoms with E-state index in [2.05, 4.69) is 36.5 Å². The molecule has 1 heterocycles. The number of fused-ring (bicyclic) bond motifs is 1. The van der Waals surface area contributed by atoms with Gasteiger partial charge in [-0.2, -0.15) is 0 Å². The van der Waals surface area contributed by atoms with Gasteiger partial charge < -0.3 is 30.1 Å². The topological polar surface area (TPSA) is 108 Å². The number of nitrogens with one attached hydrogen (secondary N) is 4. The Morgan fingerprint density at radius 2 is 1.65 bits per heavy atom. The molecule has 0 spiro atoms. The fourth-order valence-corrected chi connectivity index (χ4v) is 3.87. The largest absolute Gasteiger partial charge is 0.490 e. The van der Waals surface area contributed by atoms with Crippen LogP contribution in [0.25, 0.3) is 11.0 Å². The number of rotatable bonds is 9. The maximum atomic E-state index is 12.3. The zero-order valence-corrected chi connectivity index (χ0v) is 20.4. The molecule has 3 aromatic carbocycles. The van der Waals surface area contributed by atoms with Crippen LogP contribution in [-0.4, -0.2) is 29.1 Å². The Labute approximate surface area is 204 Å². The number of imidazole rings is 1. The molecule has 0 saturated heterocycles. The van der Waals surface area contributed by atoms with E-state index in [1.54, 1.807) is 6.07 Å². The Morgan fingerprint density at radius 1 is 0.941 bits per heavy atom. The predicted octanol–water partition coefficient (Wildman–Crippen LogP) is 4.96. The second kappa shape index (κ2) is 10.5. The Hall–Kier alpha value is -3.72. The molecular formula is C25H25BrN4O4. The highest BCUT2D eigenvalue weighted by Crippen LogP contribution is 2.34. The molecule has 0 saturated carbocycles. The first-order valence-corrected chi connectivity index (χ1v) is 11.6. The number of benzene rings is 3. The summed E-state index contributed by atoms with van der Waals surface area (Å²) in [4.78, 5) is 29.3. The molecule has 0 unspecified atom stereocenters. The Balaban J connectivity index is 1.42. The molecule has 0 bridgehead atoms. The van der Waals surface area contributed by atoms with E-state index in [4.69, 9.17) is 9.47 Å². The first-order chi connectivity index (χ1) is 16.4. The highest BCUT2D eigenvalue weighted by Gasteiger charge is 2.13. The van der Waals surface area contributed by atoms with Gasteiger partial charge >= 0.3 is 5.69 Å². The van der Waals surface area contributed by atoms with Crippen LogP contribution in [0, 0.1) is 6.92 Å². The van der Waals surface area contributed by atoms with E-state index >= 15 is 0 Å². The quantitative estimate of drug-likeness (QED) is 0.247. The summed E-state index contributed by atoms with van der Waals surface area (Å²) in [5.74, 6) is 0.769. The first kappa shape index (κ1) is 23.4. The van der Waals surface area contributed by atoms with Crippen LogP contribution in [0.1, 0.15) is 18.1 Å². The molecule has 0 aliphatic heterocycles. The number of aromatic nitrogens is 2. The van der Waals surface area contributed by atoms with Crippen LogP contribution in [-0.2, 0) is 11.3 Å². The number of hydrogen-bond acceptors (Lipinski definition) is 5. The smallest absolute Gasteiger partial charge is 0.323 e. The Kier molecular flexibility index (Phi) is 7.22. The average molecular weight is 525 g/mol. The van der Waals surface area contributed by atoms with Gasteiger partial charge in [-0.3, -0.25) is 4.79 Å². The van der Waals surface area contributed by atoms with Crippen LogP contribution in [0.15, 0.2) is 63.9 Å². The lowest BCUT2D eigenvalue weighted by atomic mass is 10.2. The second-order valence-electron chi connectivity index (χ2n) is 7.72. The van der Waals surface area contributed by atoms with Gasteiger partial charge in [0.2, 0.25) is 0 Å². The van der Waals surface area contributed by atoms with Gasteiger partial charge in [0.15, 0.2) is 18.1 Å². The lowest BCUT2D eigenvalue weighted by molar-refractivity contribution is -0.118. The fraction of sp³-hybridized carbons (Fsp3) is 0.200. The Morgan fingerprint density at radius 3 is 2.41 bits per heavy atom. The number of carbonyl (C=O) groups is 1. The molecule has 4 rings (SSSR count). The number of ether oxygens (including phenoxy) is 2. The van der Waals surface area contributed by atoms with Crippen LogP contribution in [0.2, 0.25) is 0 Å². The van der Waals surface area contributed by atoms with E-state index in [1.165, 1.54) is 0 Å². The summed E-state index contributed by atoms with van der Waals surface area (Å²) in [6.07, 6.45) is 0. The van der Waals surface area contributed by atoms with Gasteiger partial charge in [-0.1, -0.05) is 33.6 Å². The van der Waals surface area contributed by atoms with Crippen molar-refractivity contribution in [3.63, 3.8) is 0 Å². The predicted molar refractivity (Wildman–Crippen MR) is 137 cm³/mol. The summed E-state index contributed by atoms with van der Waals surface area (Å²) in [7, 11) is 0. The number of aryl methyl sites for hydroxylation is 1. The third kappa shape index (κ3) is 5.79. The number of amides is 1. The molecule has 176 valence electrons. The van der Waals surface area contributed by atoms with Gasteiger partial charge in [-0.05, 0) is 61.9 Å². The molecule has 1 amide bonds. The average Bonchev–Trinajstić information content (AvgIpc) is 3.19. The number of halogens is 1. The third-order valence-electron chi connectivity index (χ3n) is 5.11. The molecule has 0 radical (unpaired) electrons. The first-order valence-electron chi connectivity index (χ1n) is 10.8. The molecule has 34 heavy (non-hydrogen) atoms. The molecule has 9 heteroatoms. The number of hydrogen-bond donors (Lipinski definition) is 4. The van der Waals surface area contributed by atoms with Crippen molar-refractivity contribution in [3.8, 4) is 11.5 Å². The molecule has 4 aromatic rings. The van der Waals surface area contributed by atoms with Crippen molar-refractivity contribution >= 4 is 44.2 Å². The van der Waals surface area contributed by atoms with E-state index in [9.17, 15) is 9.59 Å². The van der Waals surface area contributed by atoms with Crippen molar-refractivity contribution in [2.75, 3.05) is 23.8 Å². The molecule has 0 aliphatic rings. The monoisotopic (exact) mass is 524 g/mol. The van der Waals surface area contributed by atoms with Gasteiger partial charge in [-0.25, -0.2) is 4.79 Å². The molecule has 0 fully saturated rings. The number of H-pyrrole nitrogens is 2. The summed E-state index contributed by atoms with van der Waals surface area (Å²) in [6.45, 7) is 4.70. The van der Waals surface area contributed by atoms with E-state index in [0.717, 1.165) is 32.3 Å². The molecular weight excluding hydrogens is 500 g/mol. The van der Waals surface area contributed by atoms with Gasteiger partial charge in [0.05, 0.1) is 17.6 Å². The van der Waals surface area contributed by atoms with Crippen molar-refractivity contribution < 1.29 is 14.3 Å². The van der Waals surface area contributed by atoms with Crippen molar-refractivity contribution in [2.45, 2.75) is 20.4 Å². The number of carbonyl (C=O) groups excluding carboxylic acids is 1. The van der Waals surface area contributed by atoms with Crippen LogP contribution < -0.4 is 25.8 Å². The standard InChI is InChI=1S/C25H25BrN4O4/c1-3-33-22-10-16(13-27-18-8-9-20-21(11-18)30-25(32)29-20)19(26)12-23(22)34-14-24(31)28-17-6-4-15(2)5-7-17/h4-12,27H,3,13-14H2,1-2H3,(H,28,31)(H2,29,30,32). The van der Waals surface area contributed by atoms with Crippen molar-refractivity contribution in [1.29, 1.82) is 0 Å². The van der Waals surface area contributed by atoms with E-state index in [-0.39, 0.29) is 18.2 Å². The lowest BCUT2D eigenvalue weighted by Crippen LogP contribution is -2.20. The summed E-state index contributed by atoms with van der Waals surface area (Å²) in [6, 6.07) is 16.9. The minimum absolute atomic E-state index is 0.146. The lowest BCUT2D eigenvalue weighted by Gasteiger charge is -2.16. The molecule has 1 aromatic heterocycles. The van der Waals surface area contributed by atoms with E-state index < -0.39 is 0 Å².